The Morgan fingerprint density at radius 2 is 1.84 bits per heavy atom. The minimum Gasteiger partial charge on any atom is -0.496 e. The van der Waals surface area contributed by atoms with Crippen molar-refractivity contribution in [3.63, 3.8) is 0 Å². The summed E-state index contributed by atoms with van der Waals surface area (Å²) in [5.41, 5.74) is 3.64. The number of terminal acetylenes is 1. The van der Waals surface area contributed by atoms with E-state index in [-0.39, 0.29) is 12.5 Å². The fourth-order valence-corrected chi connectivity index (χ4v) is 3.36. The highest BCUT2D eigenvalue weighted by Gasteiger charge is 2.14. The summed E-state index contributed by atoms with van der Waals surface area (Å²) in [6.07, 6.45) is 6.78. The van der Waals surface area contributed by atoms with E-state index in [0.717, 1.165) is 10.8 Å². The molecule has 0 atom stereocenters. The number of carbonyl (C=O) groups excluding carboxylic acids is 1. The van der Waals surface area contributed by atoms with Crippen LogP contribution in [0.3, 0.4) is 0 Å². The Bertz CT molecular complexity index is 1170. The maximum absolute atomic E-state index is 12.7. The highest BCUT2D eigenvalue weighted by atomic mass is 79.9. The van der Waals surface area contributed by atoms with E-state index in [4.69, 9.17) is 20.6 Å². The molecule has 0 unspecified atom stereocenters. The number of benzene rings is 3. The Morgan fingerprint density at radius 1 is 1.13 bits per heavy atom. The van der Waals surface area contributed by atoms with Gasteiger partial charge in [-0.3, -0.25) is 4.79 Å². The van der Waals surface area contributed by atoms with E-state index < -0.39 is 0 Å². The number of hydrogen-bond acceptors (Lipinski definition) is 5. The Morgan fingerprint density at radius 3 is 2.52 bits per heavy atom. The molecule has 3 aromatic carbocycles. The monoisotopic (exact) mass is 480 g/mol. The van der Waals surface area contributed by atoms with Gasteiger partial charge in [-0.25, -0.2) is 5.43 Å². The second kappa shape index (κ2) is 10.5. The maximum atomic E-state index is 12.7. The molecule has 3 rings (SSSR count). The zero-order valence-electron chi connectivity index (χ0n) is 17.1. The largest absolute Gasteiger partial charge is 0.496 e. The third kappa shape index (κ3) is 5.36. The second-order valence-electron chi connectivity index (χ2n) is 6.35. The van der Waals surface area contributed by atoms with Crippen molar-refractivity contribution < 1.29 is 19.0 Å². The van der Waals surface area contributed by atoms with Crippen LogP contribution >= 0.6 is 15.9 Å². The number of halogens is 1. The van der Waals surface area contributed by atoms with Gasteiger partial charge in [0.25, 0.3) is 5.91 Å². The topological polar surface area (TPSA) is 69.2 Å². The van der Waals surface area contributed by atoms with Gasteiger partial charge in [0.2, 0.25) is 0 Å². The molecule has 0 saturated heterocycles. The lowest BCUT2D eigenvalue weighted by Crippen LogP contribution is -2.18. The number of carbonyl (C=O) groups is 1. The van der Waals surface area contributed by atoms with Crippen molar-refractivity contribution in [3.8, 4) is 29.6 Å². The number of hydrogen-bond donors (Lipinski definition) is 1. The maximum Gasteiger partial charge on any atom is 0.275 e. The molecule has 0 aromatic heterocycles. The van der Waals surface area contributed by atoms with Crippen LogP contribution in [0.1, 0.15) is 22.8 Å². The molecule has 1 amide bonds. The average Bonchev–Trinajstić information content (AvgIpc) is 2.78. The highest BCUT2D eigenvalue weighted by Crippen LogP contribution is 2.33. The van der Waals surface area contributed by atoms with Crippen LogP contribution in [0.5, 0.6) is 17.2 Å². The molecule has 0 bridgehead atoms. The van der Waals surface area contributed by atoms with E-state index >= 15 is 0 Å². The Kier molecular flexibility index (Phi) is 7.52. The van der Waals surface area contributed by atoms with Crippen molar-refractivity contribution in [2.75, 3.05) is 20.3 Å². The summed E-state index contributed by atoms with van der Waals surface area (Å²) < 4.78 is 17.2. The zero-order chi connectivity index (χ0) is 22.2. The van der Waals surface area contributed by atoms with Crippen LogP contribution in [0.25, 0.3) is 10.8 Å². The Balaban J connectivity index is 1.81. The molecule has 7 heteroatoms. The van der Waals surface area contributed by atoms with Gasteiger partial charge < -0.3 is 14.2 Å². The first-order valence-corrected chi connectivity index (χ1v) is 10.3. The van der Waals surface area contributed by atoms with E-state index in [0.29, 0.717) is 39.5 Å². The molecule has 0 aliphatic rings. The van der Waals surface area contributed by atoms with E-state index in [1.807, 2.05) is 37.3 Å². The predicted octanol–water partition coefficient (Wildman–Crippen LogP) is 4.79. The lowest BCUT2D eigenvalue weighted by atomic mass is 10.1. The first kappa shape index (κ1) is 22.2. The van der Waals surface area contributed by atoms with E-state index in [1.54, 1.807) is 18.2 Å². The van der Waals surface area contributed by atoms with Gasteiger partial charge in [0.05, 0.1) is 25.5 Å². The van der Waals surface area contributed by atoms with Crippen molar-refractivity contribution in [1.29, 1.82) is 0 Å². The molecule has 3 aromatic rings. The average molecular weight is 481 g/mol. The number of hydrazone groups is 1. The lowest BCUT2D eigenvalue weighted by Gasteiger charge is -2.12. The molecule has 0 heterocycles. The molecule has 1 N–H and O–H groups in total. The van der Waals surface area contributed by atoms with Crippen LogP contribution < -0.4 is 19.6 Å². The number of methoxy groups -OCH3 is 1. The molecule has 0 aliphatic heterocycles. The lowest BCUT2D eigenvalue weighted by molar-refractivity contribution is 0.0952. The molecular formula is C24H21BrN2O4. The van der Waals surface area contributed by atoms with Gasteiger partial charge in [-0.2, -0.15) is 5.10 Å². The van der Waals surface area contributed by atoms with Crippen molar-refractivity contribution >= 4 is 38.8 Å². The predicted molar refractivity (Wildman–Crippen MR) is 125 cm³/mol. The number of ether oxygens (including phenoxy) is 3. The number of rotatable bonds is 8. The Hall–Kier alpha value is -3.50. The highest BCUT2D eigenvalue weighted by molar-refractivity contribution is 9.10. The van der Waals surface area contributed by atoms with Crippen LogP contribution in [-0.4, -0.2) is 32.4 Å². The summed E-state index contributed by atoms with van der Waals surface area (Å²) in [5.74, 6) is 3.57. The van der Waals surface area contributed by atoms with Crippen LogP contribution in [0, 0.1) is 12.3 Å². The third-order valence-corrected chi connectivity index (χ3v) is 5.04. The molecule has 0 radical (unpaired) electrons. The molecule has 6 nitrogen and oxygen atoms in total. The standard InChI is InChI=1S/C24H21BrN2O4/c1-4-10-31-23-14-20(25)18(13-22(23)30-5-2)15-26-27-24(28)19-11-16-8-6-7-9-17(16)12-21(19)29-3/h1,6-9,11-15H,5,10H2,2-3H3,(H,27,28)/b26-15-. The van der Waals surface area contributed by atoms with Crippen LogP contribution in [0.4, 0.5) is 0 Å². The fourth-order valence-electron chi connectivity index (χ4n) is 2.94. The second-order valence-corrected chi connectivity index (χ2v) is 7.20. The first-order valence-electron chi connectivity index (χ1n) is 9.50. The quantitative estimate of drug-likeness (QED) is 0.286. The van der Waals surface area contributed by atoms with Gasteiger partial charge in [-0.05, 0) is 57.9 Å². The molecule has 0 spiro atoms. The SMILES string of the molecule is C#CCOc1cc(Br)c(/C=N\NC(=O)c2cc3ccccc3cc2OC)cc1OCC. The fraction of sp³-hybridized carbons (Fsp3) is 0.167. The summed E-state index contributed by atoms with van der Waals surface area (Å²) in [6.45, 7) is 2.46. The summed E-state index contributed by atoms with van der Waals surface area (Å²) >= 11 is 3.48. The normalized spacial score (nSPS) is 10.6. The van der Waals surface area contributed by atoms with Gasteiger partial charge >= 0.3 is 0 Å². The molecule has 158 valence electrons. The minimum absolute atomic E-state index is 0.129. The number of fused-ring (bicyclic) bond motifs is 1. The number of amides is 1. The van der Waals surface area contributed by atoms with Gasteiger partial charge in [0.1, 0.15) is 12.4 Å². The van der Waals surface area contributed by atoms with Crippen molar-refractivity contribution in [3.05, 3.63) is 64.1 Å². The van der Waals surface area contributed by atoms with Gasteiger partial charge in [0.15, 0.2) is 11.5 Å². The van der Waals surface area contributed by atoms with E-state index in [2.05, 4.69) is 32.4 Å². The van der Waals surface area contributed by atoms with E-state index in [9.17, 15) is 4.79 Å². The number of nitrogens with one attached hydrogen (secondary N) is 1. The van der Waals surface area contributed by atoms with E-state index in [1.165, 1.54) is 13.3 Å². The summed E-state index contributed by atoms with van der Waals surface area (Å²) in [6, 6.07) is 14.9. The minimum atomic E-state index is -0.381. The molecular weight excluding hydrogens is 460 g/mol. The Labute approximate surface area is 189 Å². The van der Waals surface area contributed by atoms with Crippen molar-refractivity contribution in [1.82, 2.24) is 5.43 Å². The molecule has 0 aliphatic carbocycles. The smallest absolute Gasteiger partial charge is 0.275 e. The van der Waals surface area contributed by atoms with Crippen molar-refractivity contribution in [2.24, 2.45) is 5.10 Å². The third-order valence-electron chi connectivity index (χ3n) is 4.36. The summed E-state index contributed by atoms with van der Waals surface area (Å²) in [5, 5.41) is 6.01. The summed E-state index contributed by atoms with van der Waals surface area (Å²) in [4.78, 5) is 12.7. The summed E-state index contributed by atoms with van der Waals surface area (Å²) in [7, 11) is 1.53. The van der Waals surface area contributed by atoms with Crippen LogP contribution in [0.2, 0.25) is 0 Å². The van der Waals surface area contributed by atoms with Crippen LogP contribution in [0.15, 0.2) is 58.1 Å². The van der Waals surface area contributed by atoms with Gasteiger partial charge in [-0.15, -0.1) is 6.42 Å². The first-order chi connectivity index (χ1) is 15.1. The number of nitrogens with zero attached hydrogens (tertiary/aromatic N) is 1. The zero-order valence-corrected chi connectivity index (χ0v) is 18.7. The molecule has 0 saturated carbocycles. The van der Waals surface area contributed by atoms with Gasteiger partial charge in [-0.1, -0.05) is 30.2 Å². The van der Waals surface area contributed by atoms with Crippen molar-refractivity contribution in [2.45, 2.75) is 6.92 Å². The molecule has 31 heavy (non-hydrogen) atoms. The van der Waals surface area contributed by atoms with Crippen LogP contribution in [-0.2, 0) is 0 Å². The molecule has 0 fully saturated rings. The van der Waals surface area contributed by atoms with Gasteiger partial charge in [0, 0.05) is 10.0 Å².